The SMILES string of the molecule is O=C(O)[C@@H]1C[C@H]1C(=O)N1CC2(CCCC2)c2c(F)cccc21. The van der Waals surface area contributed by atoms with Gasteiger partial charge in [0.2, 0.25) is 5.91 Å². The molecule has 0 bridgehead atoms. The molecule has 1 heterocycles. The van der Waals surface area contributed by atoms with Gasteiger partial charge in [-0.3, -0.25) is 9.59 Å². The van der Waals surface area contributed by atoms with Crippen molar-refractivity contribution in [1.82, 2.24) is 0 Å². The maximum Gasteiger partial charge on any atom is 0.307 e. The standard InChI is InChI=1S/C17H18FNO3/c18-12-4-3-5-13-14(12)17(6-1-2-7-17)9-19(13)15(20)10-8-11(10)16(21)22/h3-5,10-11H,1-2,6-9H2,(H,21,22)/t10-,11-/m1/s1. The molecule has 0 saturated heterocycles. The number of carboxylic acid groups (broad SMARTS) is 1. The van der Waals surface area contributed by atoms with Crippen LogP contribution in [0.3, 0.4) is 0 Å². The first kappa shape index (κ1) is 13.7. The fourth-order valence-corrected chi connectivity index (χ4v) is 4.33. The monoisotopic (exact) mass is 303 g/mol. The van der Waals surface area contributed by atoms with Crippen molar-refractivity contribution in [3.63, 3.8) is 0 Å². The van der Waals surface area contributed by atoms with Crippen LogP contribution in [0.15, 0.2) is 18.2 Å². The number of hydrogen-bond acceptors (Lipinski definition) is 2. The van der Waals surface area contributed by atoms with E-state index in [0.29, 0.717) is 24.2 Å². The highest BCUT2D eigenvalue weighted by atomic mass is 19.1. The van der Waals surface area contributed by atoms with E-state index in [4.69, 9.17) is 5.11 Å². The molecule has 2 fully saturated rings. The van der Waals surface area contributed by atoms with E-state index >= 15 is 0 Å². The van der Waals surface area contributed by atoms with E-state index in [0.717, 1.165) is 25.7 Å². The van der Waals surface area contributed by atoms with Gasteiger partial charge in [-0.05, 0) is 31.4 Å². The zero-order valence-electron chi connectivity index (χ0n) is 12.2. The number of rotatable bonds is 2. The molecule has 1 spiro atoms. The fraction of sp³-hybridized carbons (Fsp3) is 0.529. The number of carbonyl (C=O) groups excluding carboxylic acids is 1. The molecule has 2 saturated carbocycles. The Bertz CT molecular complexity index is 666. The third-order valence-corrected chi connectivity index (χ3v) is 5.53. The largest absolute Gasteiger partial charge is 0.481 e. The third-order valence-electron chi connectivity index (χ3n) is 5.53. The second kappa shape index (κ2) is 4.54. The van der Waals surface area contributed by atoms with E-state index in [1.165, 1.54) is 6.07 Å². The zero-order chi connectivity index (χ0) is 15.5. The molecule has 5 heteroatoms. The second-order valence-electron chi connectivity index (χ2n) is 6.83. The smallest absolute Gasteiger partial charge is 0.307 e. The summed E-state index contributed by atoms with van der Waals surface area (Å²) >= 11 is 0. The second-order valence-corrected chi connectivity index (χ2v) is 6.83. The maximum absolute atomic E-state index is 14.4. The van der Waals surface area contributed by atoms with Gasteiger partial charge in [0.1, 0.15) is 5.82 Å². The van der Waals surface area contributed by atoms with Crippen LogP contribution >= 0.6 is 0 Å². The predicted molar refractivity (Wildman–Crippen MR) is 78.1 cm³/mol. The number of carboxylic acids is 1. The number of hydrogen-bond donors (Lipinski definition) is 1. The summed E-state index contributed by atoms with van der Waals surface area (Å²) in [7, 11) is 0. The summed E-state index contributed by atoms with van der Waals surface area (Å²) < 4.78 is 14.4. The van der Waals surface area contributed by atoms with Crippen LogP contribution in [0.1, 0.15) is 37.7 Å². The Kier molecular flexibility index (Phi) is 2.83. The number of nitrogens with zero attached hydrogens (tertiary/aromatic N) is 1. The van der Waals surface area contributed by atoms with Gasteiger partial charge in [-0.15, -0.1) is 0 Å². The Morgan fingerprint density at radius 2 is 1.95 bits per heavy atom. The summed E-state index contributed by atoms with van der Waals surface area (Å²) in [6.07, 6.45) is 4.31. The van der Waals surface area contributed by atoms with E-state index in [1.807, 2.05) is 0 Å². The molecule has 2 atom stereocenters. The van der Waals surface area contributed by atoms with Crippen molar-refractivity contribution in [3.05, 3.63) is 29.6 Å². The molecule has 1 aromatic carbocycles. The lowest BCUT2D eigenvalue weighted by atomic mass is 9.80. The molecule has 3 aliphatic rings. The van der Waals surface area contributed by atoms with Crippen LogP contribution in [0.2, 0.25) is 0 Å². The number of carbonyl (C=O) groups is 2. The molecule has 0 aromatic heterocycles. The molecule has 1 amide bonds. The number of aliphatic carboxylic acids is 1. The minimum absolute atomic E-state index is 0.150. The molecular weight excluding hydrogens is 285 g/mol. The van der Waals surface area contributed by atoms with Crippen molar-refractivity contribution in [2.75, 3.05) is 11.4 Å². The highest BCUT2D eigenvalue weighted by molar-refractivity contribution is 6.02. The summed E-state index contributed by atoms with van der Waals surface area (Å²) in [5.74, 6) is -2.30. The number of amides is 1. The van der Waals surface area contributed by atoms with Gasteiger partial charge in [-0.1, -0.05) is 18.9 Å². The average molecular weight is 303 g/mol. The van der Waals surface area contributed by atoms with Crippen molar-refractivity contribution in [3.8, 4) is 0 Å². The number of fused-ring (bicyclic) bond motifs is 2. The average Bonchev–Trinajstić information content (AvgIpc) is 3.06. The van der Waals surface area contributed by atoms with Gasteiger partial charge in [-0.25, -0.2) is 4.39 Å². The summed E-state index contributed by atoms with van der Waals surface area (Å²) in [5.41, 5.74) is 1.07. The van der Waals surface area contributed by atoms with Gasteiger partial charge in [0.25, 0.3) is 0 Å². The van der Waals surface area contributed by atoms with E-state index < -0.39 is 17.8 Å². The topological polar surface area (TPSA) is 57.6 Å². The van der Waals surface area contributed by atoms with Crippen molar-refractivity contribution in [1.29, 1.82) is 0 Å². The lowest BCUT2D eigenvalue weighted by Crippen LogP contribution is -2.37. The summed E-state index contributed by atoms with van der Waals surface area (Å²) in [4.78, 5) is 25.3. The molecule has 1 aromatic rings. The number of benzene rings is 1. The fourth-order valence-electron chi connectivity index (χ4n) is 4.33. The highest BCUT2D eigenvalue weighted by Gasteiger charge is 2.54. The molecular formula is C17H18FNO3. The quantitative estimate of drug-likeness (QED) is 0.914. The summed E-state index contributed by atoms with van der Waals surface area (Å²) in [5, 5.41) is 9.03. The zero-order valence-corrected chi connectivity index (χ0v) is 12.2. The van der Waals surface area contributed by atoms with Gasteiger partial charge in [0.15, 0.2) is 0 Å². The van der Waals surface area contributed by atoms with Crippen molar-refractivity contribution in [2.24, 2.45) is 11.8 Å². The van der Waals surface area contributed by atoms with Crippen LogP contribution in [-0.2, 0) is 15.0 Å². The first-order chi connectivity index (χ1) is 10.5. The van der Waals surface area contributed by atoms with Crippen LogP contribution in [0.25, 0.3) is 0 Å². The molecule has 116 valence electrons. The Labute approximate surface area is 127 Å². The van der Waals surface area contributed by atoms with Crippen molar-refractivity contribution >= 4 is 17.6 Å². The van der Waals surface area contributed by atoms with Crippen molar-refractivity contribution in [2.45, 2.75) is 37.5 Å². The molecule has 1 N–H and O–H groups in total. The van der Waals surface area contributed by atoms with E-state index in [2.05, 4.69) is 0 Å². The third kappa shape index (κ3) is 1.81. The van der Waals surface area contributed by atoms with Crippen LogP contribution in [0, 0.1) is 17.7 Å². The van der Waals surface area contributed by atoms with Crippen LogP contribution in [0.5, 0.6) is 0 Å². The highest BCUT2D eigenvalue weighted by Crippen LogP contribution is 2.53. The van der Waals surface area contributed by atoms with E-state index in [9.17, 15) is 14.0 Å². The molecule has 0 unspecified atom stereocenters. The first-order valence-corrected chi connectivity index (χ1v) is 7.87. The Hall–Kier alpha value is -1.91. The van der Waals surface area contributed by atoms with Crippen LogP contribution < -0.4 is 4.90 Å². The normalized spacial score (nSPS) is 28.0. The lowest BCUT2D eigenvalue weighted by Gasteiger charge is -2.25. The minimum atomic E-state index is -0.910. The number of anilines is 1. The first-order valence-electron chi connectivity index (χ1n) is 7.87. The van der Waals surface area contributed by atoms with E-state index in [-0.39, 0.29) is 17.1 Å². The maximum atomic E-state index is 14.4. The molecule has 0 radical (unpaired) electrons. The summed E-state index contributed by atoms with van der Waals surface area (Å²) in [6, 6.07) is 4.88. The van der Waals surface area contributed by atoms with Crippen molar-refractivity contribution < 1.29 is 19.1 Å². The van der Waals surface area contributed by atoms with Gasteiger partial charge in [0.05, 0.1) is 17.5 Å². The van der Waals surface area contributed by atoms with Crippen LogP contribution in [-0.4, -0.2) is 23.5 Å². The Balaban J connectivity index is 1.70. The molecule has 4 nitrogen and oxygen atoms in total. The predicted octanol–water partition coefficient (Wildman–Crippen LogP) is 2.70. The molecule has 4 rings (SSSR count). The Morgan fingerprint density at radius 1 is 1.23 bits per heavy atom. The van der Waals surface area contributed by atoms with Crippen LogP contribution in [0.4, 0.5) is 10.1 Å². The van der Waals surface area contributed by atoms with E-state index in [1.54, 1.807) is 17.0 Å². The molecule has 2 aliphatic carbocycles. The lowest BCUT2D eigenvalue weighted by molar-refractivity contribution is -0.140. The summed E-state index contributed by atoms with van der Waals surface area (Å²) in [6.45, 7) is 0.505. The van der Waals surface area contributed by atoms with Gasteiger partial charge < -0.3 is 10.0 Å². The van der Waals surface area contributed by atoms with Gasteiger partial charge in [-0.2, -0.15) is 0 Å². The molecule has 22 heavy (non-hydrogen) atoms. The Morgan fingerprint density at radius 3 is 2.59 bits per heavy atom. The van der Waals surface area contributed by atoms with Gasteiger partial charge >= 0.3 is 5.97 Å². The van der Waals surface area contributed by atoms with Gasteiger partial charge in [0, 0.05) is 17.5 Å². The minimum Gasteiger partial charge on any atom is -0.481 e. The number of halogens is 1. The molecule has 1 aliphatic heterocycles.